The molecule has 2 aromatic rings. The fraction of sp³-hybridized carbons (Fsp3) is 0.478. The second-order valence-electron chi connectivity index (χ2n) is 8.67. The predicted octanol–water partition coefficient (Wildman–Crippen LogP) is 3.56. The first kappa shape index (κ1) is 21.0. The Bertz CT molecular complexity index is 881. The van der Waals surface area contributed by atoms with E-state index >= 15 is 0 Å². The summed E-state index contributed by atoms with van der Waals surface area (Å²) in [6.45, 7) is 11.7. The van der Waals surface area contributed by atoms with Crippen molar-refractivity contribution in [3.05, 3.63) is 59.4 Å². The van der Waals surface area contributed by atoms with Gasteiger partial charge in [0.2, 0.25) is 5.91 Å². The van der Waals surface area contributed by atoms with Crippen molar-refractivity contribution in [3.8, 4) is 0 Å². The summed E-state index contributed by atoms with van der Waals surface area (Å²) in [6, 6.07) is 12.0. The number of urea groups is 1. The first-order valence-corrected chi connectivity index (χ1v) is 10.3. The summed E-state index contributed by atoms with van der Waals surface area (Å²) < 4.78 is 2.21. The van der Waals surface area contributed by atoms with Gasteiger partial charge in [-0.05, 0) is 57.9 Å². The van der Waals surface area contributed by atoms with Gasteiger partial charge in [-0.3, -0.25) is 4.79 Å². The minimum Gasteiger partial charge on any atom is -0.348 e. The number of nitrogens with zero attached hydrogens (tertiary/aromatic N) is 3. The lowest BCUT2D eigenvalue weighted by atomic mass is 9.95. The van der Waals surface area contributed by atoms with Crippen LogP contribution in [0.4, 0.5) is 4.79 Å². The fourth-order valence-electron chi connectivity index (χ4n) is 3.85. The highest BCUT2D eigenvalue weighted by atomic mass is 16.2. The molecule has 0 radical (unpaired) electrons. The lowest BCUT2D eigenvalue weighted by molar-refractivity contribution is -0.134. The third-order valence-electron chi connectivity index (χ3n) is 5.32. The highest BCUT2D eigenvalue weighted by Crippen LogP contribution is 2.34. The molecule has 0 saturated carbocycles. The van der Waals surface area contributed by atoms with Crippen molar-refractivity contribution in [2.45, 2.75) is 52.7 Å². The van der Waals surface area contributed by atoms with Gasteiger partial charge in [0.05, 0.1) is 6.04 Å². The Hall–Kier alpha value is -2.76. The number of hydrogen-bond acceptors (Lipinski definition) is 2. The second-order valence-corrected chi connectivity index (χ2v) is 8.67. The van der Waals surface area contributed by atoms with Gasteiger partial charge in [0, 0.05) is 37.1 Å². The van der Waals surface area contributed by atoms with Crippen LogP contribution in [0, 0.1) is 6.92 Å². The van der Waals surface area contributed by atoms with Crippen molar-refractivity contribution in [1.29, 1.82) is 0 Å². The minimum absolute atomic E-state index is 0.0309. The average molecular weight is 397 g/mol. The SMILES string of the molecule is CCN(CC(=O)N1CCn2cccc2[C@H]1c1ccccc1C)C(=O)NC(C)(C)C. The van der Waals surface area contributed by atoms with Gasteiger partial charge in [0.1, 0.15) is 6.54 Å². The van der Waals surface area contributed by atoms with Gasteiger partial charge in [-0.1, -0.05) is 24.3 Å². The van der Waals surface area contributed by atoms with Crippen LogP contribution < -0.4 is 5.32 Å². The zero-order valence-corrected chi connectivity index (χ0v) is 18.1. The Morgan fingerprint density at radius 3 is 2.52 bits per heavy atom. The quantitative estimate of drug-likeness (QED) is 0.859. The van der Waals surface area contributed by atoms with E-state index in [1.54, 1.807) is 4.90 Å². The molecular weight excluding hydrogens is 364 g/mol. The molecule has 3 amide bonds. The molecule has 1 atom stereocenters. The molecule has 0 spiro atoms. The minimum atomic E-state index is -0.344. The molecule has 6 heteroatoms. The van der Waals surface area contributed by atoms with Crippen molar-refractivity contribution >= 4 is 11.9 Å². The molecule has 6 nitrogen and oxygen atoms in total. The molecule has 0 aliphatic carbocycles. The standard InChI is InChI=1S/C23H32N4O2/c1-6-25(22(29)24-23(3,4)5)16-20(28)27-15-14-26-13-9-12-19(26)21(27)18-11-8-7-10-17(18)2/h7-13,21H,6,14-16H2,1-5H3,(H,24,29)/t21-/m1/s1. The number of amides is 3. The topological polar surface area (TPSA) is 57.6 Å². The molecule has 29 heavy (non-hydrogen) atoms. The van der Waals surface area contributed by atoms with Crippen LogP contribution in [0.25, 0.3) is 0 Å². The van der Waals surface area contributed by atoms with Gasteiger partial charge in [-0.15, -0.1) is 0 Å². The van der Waals surface area contributed by atoms with Crippen molar-refractivity contribution in [1.82, 2.24) is 19.7 Å². The van der Waals surface area contributed by atoms with E-state index in [4.69, 9.17) is 0 Å². The Morgan fingerprint density at radius 2 is 1.86 bits per heavy atom. The third-order valence-corrected chi connectivity index (χ3v) is 5.32. The third kappa shape index (κ3) is 4.63. The summed E-state index contributed by atoms with van der Waals surface area (Å²) in [6.07, 6.45) is 2.07. The summed E-state index contributed by atoms with van der Waals surface area (Å²) in [4.78, 5) is 29.5. The molecule has 1 aromatic heterocycles. The van der Waals surface area contributed by atoms with Crippen LogP contribution in [0.15, 0.2) is 42.6 Å². The first-order valence-electron chi connectivity index (χ1n) is 10.3. The number of nitrogens with one attached hydrogen (secondary N) is 1. The average Bonchev–Trinajstić information content (AvgIpc) is 3.13. The highest BCUT2D eigenvalue weighted by Gasteiger charge is 2.34. The van der Waals surface area contributed by atoms with E-state index in [0.717, 1.165) is 23.4 Å². The molecule has 1 N–H and O–H groups in total. The van der Waals surface area contributed by atoms with Gasteiger partial charge in [0.25, 0.3) is 0 Å². The van der Waals surface area contributed by atoms with Gasteiger partial charge in [-0.25, -0.2) is 4.79 Å². The fourth-order valence-corrected chi connectivity index (χ4v) is 3.85. The summed E-state index contributed by atoms with van der Waals surface area (Å²) in [5.41, 5.74) is 3.05. The van der Waals surface area contributed by atoms with E-state index in [-0.39, 0.29) is 30.1 Å². The Balaban J connectivity index is 1.87. The smallest absolute Gasteiger partial charge is 0.318 e. The number of rotatable bonds is 4. The molecule has 1 aliphatic heterocycles. The maximum absolute atomic E-state index is 13.4. The Morgan fingerprint density at radius 1 is 1.14 bits per heavy atom. The summed E-state index contributed by atoms with van der Waals surface area (Å²) >= 11 is 0. The Labute approximate surface area is 173 Å². The van der Waals surface area contributed by atoms with Gasteiger partial charge in [0.15, 0.2) is 0 Å². The van der Waals surface area contributed by atoms with E-state index in [1.165, 1.54) is 0 Å². The van der Waals surface area contributed by atoms with E-state index in [9.17, 15) is 9.59 Å². The Kier molecular flexibility index (Phi) is 6.01. The molecular formula is C23H32N4O2. The number of carbonyl (C=O) groups excluding carboxylic acids is 2. The summed E-state index contributed by atoms with van der Waals surface area (Å²) in [7, 11) is 0. The maximum Gasteiger partial charge on any atom is 0.318 e. The van der Waals surface area contributed by atoms with E-state index in [2.05, 4.69) is 41.2 Å². The molecule has 1 aromatic carbocycles. The molecule has 3 rings (SSSR count). The molecule has 1 aliphatic rings. The largest absolute Gasteiger partial charge is 0.348 e. The number of benzene rings is 1. The lowest BCUT2D eigenvalue weighted by Gasteiger charge is -2.39. The number of likely N-dealkylation sites (N-methyl/N-ethyl adjacent to an activating group) is 1. The van der Waals surface area contributed by atoms with Crippen LogP contribution in [-0.2, 0) is 11.3 Å². The zero-order chi connectivity index (χ0) is 21.2. The van der Waals surface area contributed by atoms with Crippen LogP contribution in [-0.4, -0.2) is 51.5 Å². The van der Waals surface area contributed by atoms with Crippen molar-refractivity contribution in [2.75, 3.05) is 19.6 Å². The number of hydrogen-bond donors (Lipinski definition) is 1. The van der Waals surface area contributed by atoms with Crippen molar-refractivity contribution in [2.24, 2.45) is 0 Å². The van der Waals surface area contributed by atoms with Crippen LogP contribution >= 0.6 is 0 Å². The summed E-state index contributed by atoms with van der Waals surface area (Å²) in [5, 5.41) is 2.95. The van der Waals surface area contributed by atoms with Gasteiger partial charge < -0.3 is 19.7 Å². The second kappa shape index (κ2) is 8.31. The van der Waals surface area contributed by atoms with Crippen molar-refractivity contribution < 1.29 is 9.59 Å². The van der Waals surface area contributed by atoms with Crippen LogP contribution in [0.1, 0.15) is 50.6 Å². The molecule has 0 fully saturated rings. The van der Waals surface area contributed by atoms with Gasteiger partial charge >= 0.3 is 6.03 Å². The molecule has 156 valence electrons. The molecule has 0 unspecified atom stereocenters. The van der Waals surface area contributed by atoms with E-state index in [0.29, 0.717) is 13.1 Å². The zero-order valence-electron chi connectivity index (χ0n) is 18.1. The van der Waals surface area contributed by atoms with Crippen LogP contribution in [0.5, 0.6) is 0 Å². The molecule has 0 saturated heterocycles. The summed E-state index contributed by atoms with van der Waals surface area (Å²) in [5.74, 6) is -0.0309. The van der Waals surface area contributed by atoms with E-state index < -0.39 is 0 Å². The lowest BCUT2D eigenvalue weighted by Crippen LogP contribution is -2.53. The van der Waals surface area contributed by atoms with E-state index in [1.807, 2.05) is 50.8 Å². The number of aromatic nitrogens is 1. The monoisotopic (exact) mass is 396 g/mol. The van der Waals surface area contributed by atoms with Gasteiger partial charge in [-0.2, -0.15) is 0 Å². The van der Waals surface area contributed by atoms with Crippen LogP contribution in [0.2, 0.25) is 0 Å². The predicted molar refractivity (Wildman–Crippen MR) is 115 cm³/mol. The number of fused-ring (bicyclic) bond motifs is 1. The maximum atomic E-state index is 13.4. The molecule has 0 bridgehead atoms. The highest BCUT2D eigenvalue weighted by molar-refractivity contribution is 5.85. The van der Waals surface area contributed by atoms with Crippen LogP contribution in [0.3, 0.4) is 0 Å². The first-order chi connectivity index (χ1) is 13.7. The van der Waals surface area contributed by atoms with Crippen molar-refractivity contribution in [3.63, 3.8) is 0 Å². The molecule has 2 heterocycles. The number of aryl methyl sites for hydroxylation is 1. The number of carbonyl (C=O) groups is 2. The normalized spacial score (nSPS) is 16.3.